The molecule has 128 valence electrons. The first-order valence-corrected chi connectivity index (χ1v) is 9.39. The second-order valence-corrected chi connectivity index (χ2v) is 7.92. The van der Waals surface area contributed by atoms with Gasteiger partial charge in [0.05, 0.1) is 23.1 Å². The van der Waals surface area contributed by atoms with Crippen molar-refractivity contribution >= 4 is 27.2 Å². The summed E-state index contributed by atoms with van der Waals surface area (Å²) >= 11 is 0. The molecule has 0 aliphatic carbocycles. The SMILES string of the molecule is N#Cc1cccc(NC(=O)c2ccc(NC3CCS(=O)(=O)C3)nn2)c1. The van der Waals surface area contributed by atoms with E-state index in [2.05, 4.69) is 20.8 Å². The molecular formula is C16H15N5O3S. The molecule has 0 saturated carbocycles. The lowest BCUT2D eigenvalue weighted by Crippen LogP contribution is -2.22. The molecule has 2 heterocycles. The average molecular weight is 357 g/mol. The molecule has 0 bridgehead atoms. The third kappa shape index (κ3) is 4.30. The van der Waals surface area contributed by atoms with E-state index >= 15 is 0 Å². The molecule has 1 amide bonds. The first kappa shape index (κ1) is 16.9. The summed E-state index contributed by atoms with van der Waals surface area (Å²) in [7, 11) is -2.98. The number of sulfone groups is 1. The highest BCUT2D eigenvalue weighted by molar-refractivity contribution is 7.91. The highest BCUT2D eigenvalue weighted by atomic mass is 32.2. The number of benzene rings is 1. The molecule has 2 N–H and O–H groups in total. The van der Waals surface area contributed by atoms with Crippen molar-refractivity contribution in [2.45, 2.75) is 12.5 Å². The Labute approximate surface area is 144 Å². The number of anilines is 2. The predicted molar refractivity (Wildman–Crippen MR) is 91.8 cm³/mol. The van der Waals surface area contributed by atoms with Gasteiger partial charge in [0.1, 0.15) is 5.82 Å². The summed E-state index contributed by atoms with van der Waals surface area (Å²) in [5.74, 6) is 0.217. The Kier molecular flexibility index (Phi) is 4.63. The maximum Gasteiger partial charge on any atom is 0.276 e. The van der Waals surface area contributed by atoms with Gasteiger partial charge in [0, 0.05) is 11.7 Å². The van der Waals surface area contributed by atoms with Crippen molar-refractivity contribution in [3.63, 3.8) is 0 Å². The van der Waals surface area contributed by atoms with Crippen molar-refractivity contribution < 1.29 is 13.2 Å². The normalized spacial score (nSPS) is 18.3. The van der Waals surface area contributed by atoms with Crippen molar-refractivity contribution in [1.29, 1.82) is 5.26 Å². The van der Waals surface area contributed by atoms with Gasteiger partial charge < -0.3 is 10.6 Å². The Balaban J connectivity index is 1.63. The van der Waals surface area contributed by atoms with E-state index in [1.54, 1.807) is 30.3 Å². The average Bonchev–Trinajstić information content (AvgIpc) is 2.94. The van der Waals surface area contributed by atoms with E-state index < -0.39 is 15.7 Å². The van der Waals surface area contributed by atoms with E-state index in [1.807, 2.05) is 6.07 Å². The first-order valence-electron chi connectivity index (χ1n) is 7.57. The Bertz CT molecular complexity index is 935. The summed E-state index contributed by atoms with van der Waals surface area (Å²) in [6.07, 6.45) is 0.529. The summed E-state index contributed by atoms with van der Waals surface area (Å²) < 4.78 is 22.9. The van der Waals surface area contributed by atoms with Crippen LogP contribution in [0.15, 0.2) is 36.4 Å². The largest absolute Gasteiger partial charge is 0.365 e. The van der Waals surface area contributed by atoms with E-state index in [0.717, 1.165) is 0 Å². The summed E-state index contributed by atoms with van der Waals surface area (Å²) in [5, 5.41) is 22.3. The molecule has 3 rings (SSSR count). The Hall–Kier alpha value is -2.99. The van der Waals surface area contributed by atoms with E-state index in [-0.39, 0.29) is 23.2 Å². The molecule has 1 saturated heterocycles. The van der Waals surface area contributed by atoms with Gasteiger partial charge >= 0.3 is 0 Å². The number of rotatable bonds is 4. The quantitative estimate of drug-likeness (QED) is 0.842. The zero-order valence-corrected chi connectivity index (χ0v) is 14.0. The zero-order chi connectivity index (χ0) is 17.9. The number of carbonyl (C=O) groups excluding carboxylic acids is 1. The van der Waals surface area contributed by atoms with Gasteiger partial charge in [-0.3, -0.25) is 4.79 Å². The van der Waals surface area contributed by atoms with Gasteiger partial charge in [0.25, 0.3) is 5.91 Å². The molecule has 1 aliphatic heterocycles. The number of aromatic nitrogens is 2. The van der Waals surface area contributed by atoms with Crippen LogP contribution in [-0.4, -0.2) is 42.1 Å². The standard InChI is InChI=1S/C16H15N5O3S/c17-9-11-2-1-3-12(8-11)19-16(22)14-4-5-15(21-20-14)18-13-6-7-25(23,24)10-13/h1-5,8,13H,6-7,10H2,(H,18,21)(H,19,22). The topological polar surface area (TPSA) is 125 Å². The van der Waals surface area contributed by atoms with Crippen LogP contribution in [0, 0.1) is 11.3 Å². The van der Waals surface area contributed by atoms with Crippen LogP contribution >= 0.6 is 0 Å². The van der Waals surface area contributed by atoms with Gasteiger partial charge in [-0.05, 0) is 36.8 Å². The number of amides is 1. The van der Waals surface area contributed by atoms with Crippen LogP contribution in [0.25, 0.3) is 0 Å². The Morgan fingerprint density at radius 3 is 2.72 bits per heavy atom. The fourth-order valence-electron chi connectivity index (χ4n) is 2.51. The summed E-state index contributed by atoms with van der Waals surface area (Å²) in [5.41, 5.74) is 1.05. The molecular weight excluding hydrogens is 342 g/mol. The van der Waals surface area contributed by atoms with Crippen LogP contribution in [-0.2, 0) is 9.84 Å². The summed E-state index contributed by atoms with van der Waals surface area (Å²) in [6, 6.07) is 11.4. The number of nitriles is 1. The van der Waals surface area contributed by atoms with E-state index in [1.165, 1.54) is 6.07 Å². The van der Waals surface area contributed by atoms with Crippen molar-refractivity contribution in [1.82, 2.24) is 10.2 Å². The van der Waals surface area contributed by atoms with Crippen molar-refractivity contribution in [2.24, 2.45) is 0 Å². The third-order valence-electron chi connectivity index (χ3n) is 3.73. The zero-order valence-electron chi connectivity index (χ0n) is 13.1. The molecule has 1 aliphatic rings. The molecule has 1 aromatic heterocycles. The molecule has 8 nitrogen and oxygen atoms in total. The lowest BCUT2D eigenvalue weighted by atomic mass is 10.2. The minimum Gasteiger partial charge on any atom is -0.365 e. The van der Waals surface area contributed by atoms with Crippen molar-refractivity contribution in [2.75, 3.05) is 22.1 Å². The second-order valence-electron chi connectivity index (χ2n) is 5.69. The number of carbonyl (C=O) groups is 1. The maximum atomic E-state index is 12.2. The maximum absolute atomic E-state index is 12.2. The fraction of sp³-hybridized carbons (Fsp3) is 0.250. The van der Waals surface area contributed by atoms with Gasteiger partial charge in [0.2, 0.25) is 0 Å². The van der Waals surface area contributed by atoms with E-state index in [4.69, 9.17) is 5.26 Å². The van der Waals surface area contributed by atoms with Crippen LogP contribution in [0.1, 0.15) is 22.5 Å². The van der Waals surface area contributed by atoms with Crippen LogP contribution in [0.5, 0.6) is 0 Å². The molecule has 1 atom stereocenters. The minimum atomic E-state index is -2.98. The number of nitrogens with one attached hydrogen (secondary N) is 2. The van der Waals surface area contributed by atoms with Crippen LogP contribution in [0.2, 0.25) is 0 Å². The van der Waals surface area contributed by atoms with Crippen LogP contribution in [0.4, 0.5) is 11.5 Å². The number of nitrogens with zero attached hydrogens (tertiary/aromatic N) is 3. The summed E-state index contributed by atoms with van der Waals surface area (Å²) in [6.45, 7) is 0. The Morgan fingerprint density at radius 2 is 2.08 bits per heavy atom. The molecule has 25 heavy (non-hydrogen) atoms. The van der Waals surface area contributed by atoms with E-state index in [9.17, 15) is 13.2 Å². The second kappa shape index (κ2) is 6.86. The third-order valence-corrected chi connectivity index (χ3v) is 5.50. The van der Waals surface area contributed by atoms with Crippen molar-refractivity contribution in [3.8, 4) is 6.07 Å². The van der Waals surface area contributed by atoms with Gasteiger partial charge in [-0.25, -0.2) is 8.42 Å². The molecule has 1 unspecified atom stereocenters. The van der Waals surface area contributed by atoms with E-state index in [0.29, 0.717) is 23.5 Å². The van der Waals surface area contributed by atoms with Gasteiger partial charge in [-0.1, -0.05) is 6.07 Å². The smallest absolute Gasteiger partial charge is 0.276 e. The molecule has 1 aromatic carbocycles. The highest BCUT2D eigenvalue weighted by Gasteiger charge is 2.28. The number of hydrogen-bond acceptors (Lipinski definition) is 7. The minimum absolute atomic E-state index is 0.0755. The first-order chi connectivity index (χ1) is 11.9. The van der Waals surface area contributed by atoms with Gasteiger partial charge in [-0.15, -0.1) is 10.2 Å². The van der Waals surface area contributed by atoms with Gasteiger partial charge in [-0.2, -0.15) is 5.26 Å². The molecule has 0 radical (unpaired) electrons. The monoisotopic (exact) mass is 357 g/mol. The lowest BCUT2D eigenvalue weighted by Gasteiger charge is -2.11. The molecule has 2 aromatic rings. The molecule has 9 heteroatoms. The predicted octanol–water partition coefficient (Wildman–Crippen LogP) is 1.20. The lowest BCUT2D eigenvalue weighted by molar-refractivity contribution is 0.102. The Morgan fingerprint density at radius 1 is 1.24 bits per heavy atom. The van der Waals surface area contributed by atoms with Crippen molar-refractivity contribution in [3.05, 3.63) is 47.7 Å². The van der Waals surface area contributed by atoms with Gasteiger partial charge in [0.15, 0.2) is 15.5 Å². The number of hydrogen-bond donors (Lipinski definition) is 2. The summed E-state index contributed by atoms with van der Waals surface area (Å²) in [4.78, 5) is 12.2. The van der Waals surface area contributed by atoms with Crippen LogP contribution in [0.3, 0.4) is 0 Å². The highest BCUT2D eigenvalue weighted by Crippen LogP contribution is 2.16. The molecule has 0 spiro atoms. The molecule has 1 fully saturated rings. The fourth-order valence-corrected chi connectivity index (χ4v) is 4.18. The van der Waals surface area contributed by atoms with Crippen LogP contribution < -0.4 is 10.6 Å².